The number of benzene rings is 1. The fraction of sp³-hybridized carbons (Fsp3) is 0.679. The second-order valence-corrected chi connectivity index (χ2v) is 14.2. The first kappa shape index (κ1) is 31.3. The Hall–Kier alpha value is -2.67. The van der Waals surface area contributed by atoms with E-state index in [0.717, 1.165) is 13.0 Å². The van der Waals surface area contributed by atoms with Gasteiger partial charge in [0, 0.05) is 30.1 Å². The Morgan fingerprint density at radius 1 is 1.15 bits per heavy atom. The van der Waals surface area contributed by atoms with E-state index in [1.807, 2.05) is 4.90 Å². The largest absolute Gasteiger partial charge is 0.573 e. The second-order valence-electron chi connectivity index (χ2n) is 11.6. The number of amides is 1. The number of nitrogens with zero attached hydrogens (tertiary/aromatic N) is 4. The SMILES string of the molecule is CCN(C(C)C)[C@@H]1CC[C@H](N2CC[C@H](Nc3ncnc4ccc(OC(F)(F)F)cc34)C2=O)[C@@H](CS(=O)(=O)C(C)C)C1. The topological polar surface area (TPSA) is 105 Å². The maximum atomic E-state index is 13.7. The van der Waals surface area contributed by atoms with Gasteiger partial charge in [0.05, 0.1) is 16.5 Å². The summed E-state index contributed by atoms with van der Waals surface area (Å²) in [6, 6.07) is 3.50. The molecule has 228 valence electrons. The molecule has 0 unspecified atom stereocenters. The van der Waals surface area contributed by atoms with Crippen LogP contribution >= 0.6 is 0 Å². The first-order chi connectivity index (χ1) is 19.2. The fourth-order valence-corrected chi connectivity index (χ4v) is 7.67. The molecule has 1 amide bonds. The van der Waals surface area contributed by atoms with E-state index in [1.165, 1.54) is 24.5 Å². The van der Waals surface area contributed by atoms with Crippen molar-refractivity contribution in [3.63, 3.8) is 0 Å². The van der Waals surface area contributed by atoms with Gasteiger partial charge in [0.2, 0.25) is 5.91 Å². The van der Waals surface area contributed by atoms with Gasteiger partial charge in [0.15, 0.2) is 9.84 Å². The molecule has 1 N–H and O–H groups in total. The fourth-order valence-electron chi connectivity index (χ4n) is 6.33. The van der Waals surface area contributed by atoms with Gasteiger partial charge >= 0.3 is 6.36 Å². The highest BCUT2D eigenvalue weighted by Crippen LogP contribution is 2.36. The van der Waals surface area contributed by atoms with E-state index < -0.39 is 33.2 Å². The van der Waals surface area contributed by atoms with Gasteiger partial charge in [0.25, 0.3) is 0 Å². The molecule has 4 atom stereocenters. The molecule has 1 aromatic carbocycles. The molecule has 1 saturated carbocycles. The third kappa shape index (κ3) is 7.22. The van der Waals surface area contributed by atoms with Crippen molar-refractivity contribution in [2.24, 2.45) is 5.92 Å². The maximum absolute atomic E-state index is 13.7. The molecule has 1 aromatic heterocycles. The zero-order valence-electron chi connectivity index (χ0n) is 24.2. The molecule has 2 aliphatic rings. The van der Waals surface area contributed by atoms with Crippen LogP contribution in [-0.4, -0.2) is 88.7 Å². The van der Waals surface area contributed by atoms with Crippen molar-refractivity contribution in [3.8, 4) is 5.75 Å². The lowest BCUT2D eigenvalue weighted by atomic mass is 9.80. The van der Waals surface area contributed by atoms with Gasteiger partial charge in [-0.15, -0.1) is 13.2 Å². The summed E-state index contributed by atoms with van der Waals surface area (Å²) in [5.74, 6) is -0.497. The van der Waals surface area contributed by atoms with Crippen LogP contribution < -0.4 is 10.1 Å². The third-order valence-electron chi connectivity index (χ3n) is 8.37. The van der Waals surface area contributed by atoms with Crippen molar-refractivity contribution in [2.45, 2.75) is 96.1 Å². The summed E-state index contributed by atoms with van der Waals surface area (Å²) < 4.78 is 68.5. The van der Waals surface area contributed by atoms with Crippen LogP contribution in [0.3, 0.4) is 0 Å². The van der Waals surface area contributed by atoms with Crippen molar-refractivity contribution < 1.29 is 31.1 Å². The number of alkyl halides is 3. The summed E-state index contributed by atoms with van der Waals surface area (Å²) in [6.45, 7) is 11.1. The average molecular weight is 600 g/mol. The molecule has 2 fully saturated rings. The quantitative estimate of drug-likeness (QED) is 0.422. The number of aromatic nitrogens is 2. The van der Waals surface area contributed by atoms with Gasteiger partial charge in [-0.3, -0.25) is 9.69 Å². The van der Waals surface area contributed by atoms with Gasteiger partial charge in [0.1, 0.15) is 23.9 Å². The molecule has 0 spiro atoms. The van der Waals surface area contributed by atoms with Gasteiger partial charge in [-0.1, -0.05) is 6.92 Å². The lowest BCUT2D eigenvalue weighted by molar-refractivity contribution is -0.274. The van der Waals surface area contributed by atoms with E-state index in [2.05, 4.69) is 45.7 Å². The van der Waals surface area contributed by atoms with Crippen molar-refractivity contribution in [1.29, 1.82) is 0 Å². The van der Waals surface area contributed by atoms with Gasteiger partial charge < -0.3 is 15.0 Å². The molecule has 41 heavy (non-hydrogen) atoms. The summed E-state index contributed by atoms with van der Waals surface area (Å²) in [4.78, 5) is 26.2. The number of carbonyl (C=O) groups excluding carboxylic acids is 1. The van der Waals surface area contributed by atoms with Gasteiger partial charge in [-0.05, 0) is 84.0 Å². The van der Waals surface area contributed by atoms with Crippen LogP contribution in [0, 0.1) is 5.92 Å². The zero-order valence-corrected chi connectivity index (χ0v) is 25.0. The van der Waals surface area contributed by atoms with E-state index in [4.69, 9.17) is 0 Å². The standard InChI is InChI=1S/C28H40F3N5O4S/c1-6-35(17(2)3)20-7-10-25(19(13-20)15-41(38,39)18(4)5)36-12-11-24(27(36)37)34-26-22-14-21(40-28(29,30)31)8-9-23(22)32-16-33-26/h8-9,14,16-20,24-25H,6-7,10-13,15H2,1-5H3,(H,32,33,34)/t19-,20-,24+,25+/m1/s1. The maximum Gasteiger partial charge on any atom is 0.573 e. The van der Waals surface area contributed by atoms with Crippen LogP contribution in [0.15, 0.2) is 24.5 Å². The Bertz CT molecular complexity index is 1340. The molecule has 2 heterocycles. The molecule has 2 aromatic rings. The van der Waals surface area contributed by atoms with Crippen LogP contribution in [0.1, 0.15) is 60.3 Å². The number of ether oxygens (including phenoxy) is 1. The van der Waals surface area contributed by atoms with Gasteiger partial charge in [-0.25, -0.2) is 18.4 Å². The Morgan fingerprint density at radius 2 is 1.88 bits per heavy atom. The van der Waals surface area contributed by atoms with Crippen LogP contribution in [0.25, 0.3) is 10.9 Å². The molecule has 13 heteroatoms. The minimum Gasteiger partial charge on any atom is -0.406 e. The molecule has 1 aliphatic heterocycles. The molecule has 1 saturated heterocycles. The van der Waals surface area contributed by atoms with Crippen LogP contribution in [0.4, 0.5) is 19.0 Å². The van der Waals surface area contributed by atoms with Gasteiger partial charge in [-0.2, -0.15) is 0 Å². The third-order valence-corrected chi connectivity index (χ3v) is 10.7. The second kappa shape index (κ2) is 12.3. The summed E-state index contributed by atoms with van der Waals surface area (Å²) >= 11 is 0. The number of hydrogen-bond acceptors (Lipinski definition) is 8. The Labute approximate surface area is 239 Å². The molecule has 9 nitrogen and oxygen atoms in total. The highest BCUT2D eigenvalue weighted by Gasteiger charge is 2.44. The van der Waals surface area contributed by atoms with E-state index in [1.54, 1.807) is 13.8 Å². The summed E-state index contributed by atoms with van der Waals surface area (Å²) in [5.41, 5.74) is 0.405. The predicted molar refractivity (Wildman–Crippen MR) is 151 cm³/mol. The van der Waals surface area contributed by atoms with Crippen molar-refractivity contribution >= 4 is 32.5 Å². The minimum absolute atomic E-state index is 0.0297. The number of rotatable bonds is 10. The van der Waals surface area contributed by atoms with Crippen molar-refractivity contribution in [3.05, 3.63) is 24.5 Å². The zero-order chi connectivity index (χ0) is 30.1. The summed E-state index contributed by atoms with van der Waals surface area (Å²) in [6.07, 6.45) is -0.827. The van der Waals surface area contributed by atoms with E-state index in [-0.39, 0.29) is 35.5 Å². The van der Waals surface area contributed by atoms with E-state index >= 15 is 0 Å². The molecule has 1 aliphatic carbocycles. The Balaban J connectivity index is 1.55. The highest BCUT2D eigenvalue weighted by atomic mass is 32.2. The number of fused-ring (bicyclic) bond motifs is 1. The highest BCUT2D eigenvalue weighted by molar-refractivity contribution is 7.91. The molecular weight excluding hydrogens is 559 g/mol. The average Bonchev–Trinajstić information content (AvgIpc) is 3.23. The predicted octanol–water partition coefficient (Wildman–Crippen LogP) is 4.63. The number of carbonyl (C=O) groups is 1. The minimum atomic E-state index is -4.85. The summed E-state index contributed by atoms with van der Waals surface area (Å²) in [7, 11) is -3.34. The van der Waals surface area contributed by atoms with E-state index in [0.29, 0.717) is 42.8 Å². The number of nitrogens with one attached hydrogen (secondary N) is 1. The summed E-state index contributed by atoms with van der Waals surface area (Å²) in [5, 5.41) is 2.92. The number of anilines is 1. The van der Waals surface area contributed by atoms with Crippen LogP contribution in [0.5, 0.6) is 5.75 Å². The lowest BCUT2D eigenvalue weighted by Crippen LogP contribution is -2.53. The number of hydrogen-bond donors (Lipinski definition) is 1. The molecule has 0 bridgehead atoms. The molecular formula is C28H40F3N5O4S. The monoisotopic (exact) mass is 599 g/mol. The number of sulfone groups is 1. The van der Waals surface area contributed by atoms with Crippen molar-refractivity contribution in [1.82, 2.24) is 19.8 Å². The molecule has 0 radical (unpaired) electrons. The Kier molecular flexibility index (Phi) is 9.37. The Morgan fingerprint density at radius 3 is 2.51 bits per heavy atom. The van der Waals surface area contributed by atoms with E-state index in [9.17, 15) is 26.4 Å². The first-order valence-corrected chi connectivity index (χ1v) is 16.0. The number of likely N-dealkylation sites (tertiary alicyclic amines) is 1. The number of halogens is 3. The lowest BCUT2D eigenvalue weighted by Gasteiger charge is -2.45. The van der Waals surface area contributed by atoms with Crippen molar-refractivity contribution in [2.75, 3.05) is 24.2 Å². The van der Waals surface area contributed by atoms with Crippen LogP contribution in [-0.2, 0) is 14.6 Å². The smallest absolute Gasteiger partial charge is 0.406 e. The first-order valence-electron chi connectivity index (χ1n) is 14.2. The van der Waals surface area contributed by atoms with Crippen LogP contribution in [0.2, 0.25) is 0 Å². The normalized spacial score (nSPS) is 24.2. The molecule has 4 rings (SSSR count).